The zero-order valence-electron chi connectivity index (χ0n) is 13.3. The largest absolute Gasteiger partial charge is 0.383 e. The molecule has 0 saturated carbocycles. The van der Waals surface area contributed by atoms with Gasteiger partial charge in [0.15, 0.2) is 10.6 Å². The molecule has 1 atom stereocenters. The van der Waals surface area contributed by atoms with E-state index in [1.165, 1.54) is 11.3 Å². The average molecular weight is 406 g/mol. The number of aromatic nitrogens is 2. The number of rotatable bonds is 4. The summed E-state index contributed by atoms with van der Waals surface area (Å²) < 4.78 is 8.06. The summed E-state index contributed by atoms with van der Waals surface area (Å²) >= 11 is 13.3. The third-order valence-electron chi connectivity index (χ3n) is 4.04. The van der Waals surface area contributed by atoms with Crippen LogP contribution in [0.25, 0.3) is 21.5 Å². The number of thiazole rings is 1. The lowest BCUT2D eigenvalue weighted by Crippen LogP contribution is -2.17. The van der Waals surface area contributed by atoms with Gasteiger partial charge in [0, 0.05) is 11.6 Å². The lowest BCUT2D eigenvalue weighted by molar-refractivity contribution is 0.122. The number of hydrogen-bond acceptors (Lipinski definition) is 5. The van der Waals surface area contributed by atoms with Gasteiger partial charge in [-0.1, -0.05) is 57.9 Å². The van der Waals surface area contributed by atoms with Crippen LogP contribution in [0.5, 0.6) is 0 Å². The minimum atomic E-state index is -0.925. The maximum Gasteiger partial charge on any atom is 0.183 e. The number of hydrogen-bond donors (Lipinski definition) is 2. The van der Waals surface area contributed by atoms with Crippen LogP contribution in [-0.4, -0.2) is 14.8 Å². The first-order valence-corrected chi connectivity index (χ1v) is 9.33. The number of aliphatic hydroxyl groups excluding tert-OH is 1. The highest BCUT2D eigenvalue weighted by Crippen LogP contribution is 2.30. The van der Waals surface area contributed by atoms with E-state index in [0.29, 0.717) is 26.3 Å². The zero-order valence-corrected chi connectivity index (χ0v) is 15.6. The Morgan fingerprint density at radius 1 is 1.15 bits per heavy atom. The molecule has 4 rings (SSSR count). The monoisotopic (exact) mass is 405 g/mol. The van der Waals surface area contributed by atoms with Gasteiger partial charge in [-0.3, -0.25) is 5.41 Å². The highest BCUT2D eigenvalue weighted by Gasteiger charge is 2.18. The van der Waals surface area contributed by atoms with Gasteiger partial charge < -0.3 is 14.2 Å². The third-order valence-corrected chi connectivity index (χ3v) is 5.75. The summed E-state index contributed by atoms with van der Waals surface area (Å²) in [5, 5.41) is 23.6. The van der Waals surface area contributed by atoms with Crippen molar-refractivity contribution in [3.8, 4) is 11.3 Å². The molecule has 132 valence electrons. The Kier molecular flexibility index (Phi) is 4.58. The van der Waals surface area contributed by atoms with Crippen molar-refractivity contribution in [2.24, 2.45) is 0 Å². The van der Waals surface area contributed by atoms with Crippen molar-refractivity contribution in [2.45, 2.75) is 12.6 Å². The summed E-state index contributed by atoms with van der Waals surface area (Å²) in [6, 6.07) is 14.6. The van der Waals surface area contributed by atoms with Crippen molar-refractivity contribution < 1.29 is 9.63 Å². The first kappa shape index (κ1) is 17.3. The summed E-state index contributed by atoms with van der Waals surface area (Å²) in [5.41, 5.74) is 2.21. The van der Waals surface area contributed by atoms with E-state index >= 15 is 0 Å². The Bertz CT molecular complexity index is 1150. The molecule has 0 fully saturated rings. The summed E-state index contributed by atoms with van der Waals surface area (Å²) in [6.45, 7) is 0.207. The molecule has 0 aliphatic rings. The van der Waals surface area contributed by atoms with Gasteiger partial charge in [0.2, 0.25) is 0 Å². The van der Waals surface area contributed by atoms with Crippen LogP contribution in [0.15, 0.2) is 53.1 Å². The van der Waals surface area contributed by atoms with Gasteiger partial charge in [0.05, 0.1) is 26.8 Å². The first-order valence-electron chi connectivity index (χ1n) is 7.76. The lowest BCUT2D eigenvalue weighted by Gasteiger charge is -2.09. The van der Waals surface area contributed by atoms with Crippen LogP contribution in [0.4, 0.5) is 0 Å². The van der Waals surface area contributed by atoms with Crippen LogP contribution in [0.2, 0.25) is 10.0 Å². The second-order valence-electron chi connectivity index (χ2n) is 5.74. The molecule has 8 heteroatoms. The van der Waals surface area contributed by atoms with Crippen LogP contribution in [-0.2, 0) is 6.54 Å². The molecular weight excluding hydrogens is 393 g/mol. The summed E-state index contributed by atoms with van der Waals surface area (Å²) in [7, 11) is 0. The van der Waals surface area contributed by atoms with Gasteiger partial charge in [-0.2, -0.15) is 0 Å². The van der Waals surface area contributed by atoms with Crippen LogP contribution in [0, 0.1) is 5.41 Å². The van der Waals surface area contributed by atoms with Crippen LogP contribution < -0.4 is 4.80 Å². The fourth-order valence-corrected chi connectivity index (χ4v) is 3.94. The van der Waals surface area contributed by atoms with E-state index in [2.05, 4.69) is 5.16 Å². The summed E-state index contributed by atoms with van der Waals surface area (Å²) in [5.74, 6) is 0.327. The van der Waals surface area contributed by atoms with E-state index in [1.54, 1.807) is 28.8 Å². The van der Waals surface area contributed by atoms with Crippen molar-refractivity contribution in [1.29, 1.82) is 5.41 Å². The van der Waals surface area contributed by atoms with E-state index < -0.39 is 6.10 Å². The molecular formula is C18H13Cl2N3O2S. The maximum absolute atomic E-state index is 10.6. The molecule has 0 aliphatic carbocycles. The van der Waals surface area contributed by atoms with Crippen molar-refractivity contribution in [2.75, 3.05) is 0 Å². The Labute approximate surface area is 162 Å². The molecule has 2 aromatic heterocycles. The summed E-state index contributed by atoms with van der Waals surface area (Å²) in [6.07, 6.45) is -0.925. The van der Waals surface area contributed by atoms with Crippen molar-refractivity contribution in [3.05, 3.63) is 69.1 Å². The first-order chi connectivity index (χ1) is 12.5. The predicted octanol–water partition coefficient (Wildman–Crippen LogP) is 4.88. The highest BCUT2D eigenvalue weighted by molar-refractivity contribution is 7.16. The molecule has 0 saturated heterocycles. The van der Waals surface area contributed by atoms with Crippen molar-refractivity contribution >= 4 is 44.8 Å². The third kappa shape index (κ3) is 3.17. The topological polar surface area (TPSA) is 75.0 Å². The molecule has 2 N–H and O–H groups in total. The maximum atomic E-state index is 10.6. The molecule has 26 heavy (non-hydrogen) atoms. The number of para-hydroxylation sites is 1. The van der Waals surface area contributed by atoms with Gasteiger partial charge in [-0.05, 0) is 24.3 Å². The fraction of sp³-hybridized carbons (Fsp3) is 0.111. The van der Waals surface area contributed by atoms with E-state index in [4.69, 9.17) is 33.1 Å². The average Bonchev–Trinajstić information content (AvgIpc) is 3.23. The van der Waals surface area contributed by atoms with Crippen LogP contribution in [0.1, 0.15) is 11.9 Å². The normalized spacial score (nSPS) is 12.6. The van der Waals surface area contributed by atoms with E-state index in [9.17, 15) is 5.11 Å². The zero-order chi connectivity index (χ0) is 18.3. The van der Waals surface area contributed by atoms with Gasteiger partial charge in [0.1, 0.15) is 11.8 Å². The van der Waals surface area contributed by atoms with E-state index in [1.807, 2.05) is 24.3 Å². The van der Waals surface area contributed by atoms with E-state index in [-0.39, 0.29) is 6.54 Å². The quantitative estimate of drug-likeness (QED) is 0.507. The second-order valence-corrected chi connectivity index (χ2v) is 7.59. The van der Waals surface area contributed by atoms with Gasteiger partial charge in [-0.25, -0.2) is 0 Å². The molecule has 0 radical (unpaired) electrons. The van der Waals surface area contributed by atoms with Crippen LogP contribution in [0.3, 0.4) is 0 Å². The fourth-order valence-electron chi connectivity index (χ4n) is 2.72. The smallest absolute Gasteiger partial charge is 0.183 e. The molecule has 1 unspecified atom stereocenters. The molecule has 0 amide bonds. The standard InChI is InChI=1S/C18H13Cl2N3O2S/c19-11-6-5-10(7-12(11)20)13-8-16(25-22-13)15(24)9-23-14-3-1-2-4-17(14)26-18(23)21/h1-8,15,21,24H,9H2. The Hall–Kier alpha value is -2.12. The lowest BCUT2D eigenvalue weighted by atomic mass is 10.1. The number of halogens is 2. The Morgan fingerprint density at radius 2 is 1.96 bits per heavy atom. The molecule has 2 heterocycles. The number of fused-ring (bicyclic) bond motifs is 1. The summed E-state index contributed by atoms with van der Waals surface area (Å²) in [4.78, 5) is 0.370. The Morgan fingerprint density at radius 3 is 2.77 bits per heavy atom. The molecule has 0 aliphatic heterocycles. The molecule has 4 aromatic rings. The number of nitrogens with one attached hydrogen (secondary N) is 1. The number of aliphatic hydroxyl groups is 1. The number of nitrogens with zero attached hydrogens (tertiary/aromatic N) is 2. The van der Waals surface area contributed by atoms with Gasteiger partial charge in [0.25, 0.3) is 0 Å². The van der Waals surface area contributed by atoms with Crippen molar-refractivity contribution in [3.63, 3.8) is 0 Å². The predicted molar refractivity (Wildman–Crippen MR) is 103 cm³/mol. The number of benzene rings is 2. The minimum Gasteiger partial charge on any atom is -0.383 e. The minimum absolute atomic E-state index is 0.207. The molecule has 2 aromatic carbocycles. The molecule has 0 spiro atoms. The van der Waals surface area contributed by atoms with Crippen LogP contribution >= 0.6 is 34.5 Å². The van der Waals surface area contributed by atoms with Gasteiger partial charge >= 0.3 is 0 Å². The molecule has 0 bridgehead atoms. The highest BCUT2D eigenvalue weighted by atomic mass is 35.5. The molecule has 5 nitrogen and oxygen atoms in total. The van der Waals surface area contributed by atoms with E-state index in [0.717, 1.165) is 15.8 Å². The second kappa shape index (κ2) is 6.89. The van der Waals surface area contributed by atoms with Gasteiger partial charge in [-0.15, -0.1) is 0 Å². The van der Waals surface area contributed by atoms with Crippen molar-refractivity contribution in [1.82, 2.24) is 9.72 Å². The Balaban J connectivity index is 1.62. The SMILES string of the molecule is N=c1sc2ccccc2n1CC(O)c1cc(-c2ccc(Cl)c(Cl)c2)no1.